The molecule has 134 valence electrons. The SMILES string of the molecule is O=S(=O)(NCCc1cc(Cl)c2c(c1)OCCO2)c1c(Cl)cccc1Cl. The first-order valence-corrected chi connectivity index (χ1v) is 10.0. The second-order valence-corrected chi connectivity index (χ2v) is 8.23. The van der Waals surface area contributed by atoms with Gasteiger partial charge in [0.2, 0.25) is 10.0 Å². The van der Waals surface area contributed by atoms with Crippen molar-refractivity contribution in [1.29, 1.82) is 0 Å². The molecule has 25 heavy (non-hydrogen) atoms. The second kappa shape index (κ2) is 7.60. The fourth-order valence-corrected chi connectivity index (χ4v) is 4.91. The van der Waals surface area contributed by atoms with Gasteiger partial charge in [-0.15, -0.1) is 0 Å². The minimum atomic E-state index is -3.82. The maximum absolute atomic E-state index is 12.4. The number of nitrogens with one attached hydrogen (secondary N) is 1. The molecule has 2 aromatic rings. The average molecular weight is 423 g/mol. The Morgan fingerprint density at radius 3 is 2.40 bits per heavy atom. The van der Waals surface area contributed by atoms with Crippen LogP contribution in [0.15, 0.2) is 35.2 Å². The van der Waals surface area contributed by atoms with Gasteiger partial charge >= 0.3 is 0 Å². The fraction of sp³-hybridized carbons (Fsp3) is 0.250. The highest BCUT2D eigenvalue weighted by atomic mass is 35.5. The summed E-state index contributed by atoms with van der Waals surface area (Å²) in [7, 11) is -3.82. The molecular formula is C16H14Cl3NO4S. The lowest BCUT2D eigenvalue weighted by Crippen LogP contribution is -2.26. The van der Waals surface area contributed by atoms with Crippen molar-refractivity contribution in [3.63, 3.8) is 0 Å². The van der Waals surface area contributed by atoms with Crippen molar-refractivity contribution in [1.82, 2.24) is 4.72 Å². The summed E-state index contributed by atoms with van der Waals surface area (Å²) in [5.74, 6) is 1.07. The van der Waals surface area contributed by atoms with Crippen molar-refractivity contribution < 1.29 is 17.9 Å². The van der Waals surface area contributed by atoms with Crippen LogP contribution in [0.4, 0.5) is 0 Å². The first-order valence-electron chi connectivity index (χ1n) is 7.40. The number of hydrogen-bond donors (Lipinski definition) is 1. The molecule has 0 aliphatic carbocycles. The predicted molar refractivity (Wildman–Crippen MR) is 97.8 cm³/mol. The summed E-state index contributed by atoms with van der Waals surface area (Å²) in [5, 5.41) is 0.578. The lowest BCUT2D eigenvalue weighted by Gasteiger charge is -2.20. The van der Waals surface area contributed by atoms with Crippen molar-refractivity contribution in [2.24, 2.45) is 0 Å². The second-order valence-electron chi connectivity index (χ2n) is 5.30. The van der Waals surface area contributed by atoms with E-state index in [4.69, 9.17) is 44.3 Å². The van der Waals surface area contributed by atoms with Crippen LogP contribution in [-0.2, 0) is 16.4 Å². The zero-order valence-electron chi connectivity index (χ0n) is 12.9. The third kappa shape index (κ3) is 4.15. The highest BCUT2D eigenvalue weighted by molar-refractivity contribution is 7.89. The highest BCUT2D eigenvalue weighted by Gasteiger charge is 2.21. The zero-order chi connectivity index (χ0) is 18.0. The molecule has 1 N–H and O–H groups in total. The molecule has 0 saturated carbocycles. The Kier molecular flexibility index (Phi) is 5.65. The first-order chi connectivity index (χ1) is 11.9. The normalized spacial score (nSPS) is 13.7. The first kappa shape index (κ1) is 18.6. The van der Waals surface area contributed by atoms with Crippen LogP contribution in [0.5, 0.6) is 11.5 Å². The van der Waals surface area contributed by atoms with Crippen molar-refractivity contribution in [3.8, 4) is 11.5 Å². The molecule has 0 fully saturated rings. The molecule has 3 rings (SSSR count). The fourth-order valence-electron chi connectivity index (χ4n) is 2.45. The number of hydrogen-bond acceptors (Lipinski definition) is 4. The minimum Gasteiger partial charge on any atom is -0.486 e. The molecule has 9 heteroatoms. The number of ether oxygens (including phenoxy) is 2. The molecule has 1 aliphatic rings. The molecule has 0 aromatic heterocycles. The third-order valence-electron chi connectivity index (χ3n) is 3.55. The molecule has 0 radical (unpaired) electrons. The lowest BCUT2D eigenvalue weighted by atomic mass is 10.1. The van der Waals surface area contributed by atoms with E-state index in [1.165, 1.54) is 12.1 Å². The van der Waals surface area contributed by atoms with Crippen LogP contribution in [0, 0.1) is 0 Å². The smallest absolute Gasteiger partial charge is 0.243 e. The van der Waals surface area contributed by atoms with E-state index < -0.39 is 10.0 Å². The van der Waals surface area contributed by atoms with Crippen LogP contribution in [0.2, 0.25) is 15.1 Å². The highest BCUT2D eigenvalue weighted by Crippen LogP contribution is 2.38. The Labute approximate surface area is 160 Å². The molecule has 1 heterocycles. The molecular weight excluding hydrogens is 409 g/mol. The minimum absolute atomic E-state index is 0.0716. The molecule has 0 atom stereocenters. The molecule has 1 aliphatic heterocycles. The number of benzene rings is 2. The van der Waals surface area contributed by atoms with Gasteiger partial charge in [-0.05, 0) is 36.2 Å². The summed E-state index contributed by atoms with van der Waals surface area (Å²) in [6.45, 7) is 1.05. The topological polar surface area (TPSA) is 64.6 Å². The summed E-state index contributed by atoms with van der Waals surface area (Å²) in [6.07, 6.45) is 0.414. The Bertz CT molecular complexity index is 882. The zero-order valence-corrected chi connectivity index (χ0v) is 16.0. The summed E-state index contributed by atoms with van der Waals surface area (Å²) < 4.78 is 38.3. The van der Waals surface area contributed by atoms with Crippen LogP contribution < -0.4 is 14.2 Å². The summed E-state index contributed by atoms with van der Waals surface area (Å²) in [5.41, 5.74) is 0.821. The van der Waals surface area contributed by atoms with Crippen molar-refractivity contribution in [2.75, 3.05) is 19.8 Å². The van der Waals surface area contributed by atoms with Gasteiger partial charge in [-0.3, -0.25) is 0 Å². The van der Waals surface area contributed by atoms with Crippen molar-refractivity contribution >= 4 is 44.8 Å². The number of sulfonamides is 1. The van der Waals surface area contributed by atoms with Crippen LogP contribution in [0.3, 0.4) is 0 Å². The standard InChI is InChI=1S/C16H14Cl3NO4S/c17-11-2-1-3-12(18)16(11)25(21,22)20-5-4-10-8-13(19)15-14(9-10)23-6-7-24-15/h1-3,8-9,20H,4-7H2. The van der Waals surface area contributed by atoms with E-state index in [0.29, 0.717) is 36.2 Å². The molecule has 0 saturated heterocycles. The van der Waals surface area contributed by atoms with Crippen LogP contribution >= 0.6 is 34.8 Å². The van der Waals surface area contributed by atoms with Crippen LogP contribution in [0.1, 0.15) is 5.56 Å². The largest absolute Gasteiger partial charge is 0.486 e. The summed E-state index contributed by atoms with van der Waals surface area (Å²) in [4.78, 5) is -0.126. The molecule has 0 spiro atoms. The molecule has 2 aromatic carbocycles. The Balaban J connectivity index is 1.72. The number of fused-ring (bicyclic) bond motifs is 1. The van der Waals surface area contributed by atoms with Crippen molar-refractivity contribution in [2.45, 2.75) is 11.3 Å². The van der Waals surface area contributed by atoms with Gasteiger partial charge in [-0.25, -0.2) is 13.1 Å². The van der Waals surface area contributed by atoms with E-state index in [-0.39, 0.29) is 21.5 Å². The van der Waals surface area contributed by atoms with Crippen LogP contribution in [0.25, 0.3) is 0 Å². The van der Waals surface area contributed by atoms with Gasteiger partial charge in [0.1, 0.15) is 18.1 Å². The molecule has 0 unspecified atom stereocenters. The summed E-state index contributed by atoms with van der Waals surface area (Å²) >= 11 is 18.1. The van der Waals surface area contributed by atoms with Gasteiger partial charge in [0.15, 0.2) is 11.5 Å². The molecule has 5 nitrogen and oxygen atoms in total. The van der Waals surface area contributed by atoms with Gasteiger partial charge in [-0.2, -0.15) is 0 Å². The Hall–Kier alpha value is -1.18. The Morgan fingerprint density at radius 2 is 1.68 bits per heavy atom. The van der Waals surface area contributed by atoms with E-state index in [1.54, 1.807) is 18.2 Å². The van der Waals surface area contributed by atoms with E-state index in [2.05, 4.69) is 4.72 Å². The van der Waals surface area contributed by atoms with Gasteiger partial charge < -0.3 is 9.47 Å². The predicted octanol–water partition coefficient (Wildman–Crippen LogP) is 3.94. The average Bonchev–Trinajstić information content (AvgIpc) is 2.54. The summed E-state index contributed by atoms with van der Waals surface area (Å²) in [6, 6.07) is 8.05. The van der Waals surface area contributed by atoms with Crippen LogP contribution in [-0.4, -0.2) is 28.2 Å². The maximum Gasteiger partial charge on any atom is 0.243 e. The van der Waals surface area contributed by atoms with Gasteiger partial charge in [-0.1, -0.05) is 40.9 Å². The monoisotopic (exact) mass is 421 g/mol. The Morgan fingerprint density at radius 1 is 1.00 bits per heavy atom. The maximum atomic E-state index is 12.4. The van der Waals surface area contributed by atoms with Gasteiger partial charge in [0.05, 0.1) is 15.1 Å². The van der Waals surface area contributed by atoms with E-state index in [9.17, 15) is 8.42 Å². The quantitative estimate of drug-likeness (QED) is 0.793. The van der Waals surface area contributed by atoms with E-state index in [0.717, 1.165) is 5.56 Å². The number of halogens is 3. The molecule has 0 bridgehead atoms. The van der Waals surface area contributed by atoms with Crippen molar-refractivity contribution in [3.05, 3.63) is 51.0 Å². The molecule has 0 amide bonds. The van der Waals surface area contributed by atoms with Gasteiger partial charge in [0, 0.05) is 6.54 Å². The van der Waals surface area contributed by atoms with E-state index >= 15 is 0 Å². The number of rotatable bonds is 5. The van der Waals surface area contributed by atoms with Gasteiger partial charge in [0.25, 0.3) is 0 Å². The third-order valence-corrected chi connectivity index (χ3v) is 6.25. The lowest BCUT2D eigenvalue weighted by molar-refractivity contribution is 0.171. The van der Waals surface area contributed by atoms with E-state index in [1.807, 2.05) is 0 Å².